The molecule has 0 aliphatic heterocycles. The maximum atomic E-state index is 12.1. The molecule has 2 aromatic rings. The predicted molar refractivity (Wildman–Crippen MR) is 81.4 cm³/mol. The first-order valence-electron chi connectivity index (χ1n) is 6.55. The number of Topliss-reactive ketones (excluding diaryl/α,β-unsaturated/α-hetero) is 1. The third kappa shape index (κ3) is 3.84. The van der Waals surface area contributed by atoms with E-state index >= 15 is 0 Å². The minimum atomic E-state index is 0.0952. The zero-order valence-electron chi connectivity index (χ0n) is 11.3. The zero-order valence-corrected chi connectivity index (χ0v) is 12.8. The van der Waals surface area contributed by atoms with E-state index in [-0.39, 0.29) is 5.78 Å². The number of carbonyl (C=O) groups is 1. The molecule has 1 heterocycles. The number of ketones is 1. The molecule has 1 aromatic carbocycles. The second-order valence-electron chi connectivity index (χ2n) is 4.66. The van der Waals surface area contributed by atoms with Crippen molar-refractivity contribution in [1.82, 2.24) is 9.55 Å². The van der Waals surface area contributed by atoms with Gasteiger partial charge in [0.15, 0.2) is 0 Å². The summed E-state index contributed by atoms with van der Waals surface area (Å²) in [7, 11) is 0. The maximum Gasteiger partial charge on any atom is 0.144 e. The number of carbonyl (C=O) groups excluding carboxylic acids is 1. The monoisotopic (exact) mass is 310 g/mol. The summed E-state index contributed by atoms with van der Waals surface area (Å²) < 4.78 is 2.02. The van der Waals surface area contributed by atoms with Crippen LogP contribution in [-0.4, -0.2) is 15.3 Å². The van der Waals surface area contributed by atoms with Crippen LogP contribution in [0.1, 0.15) is 24.7 Å². The number of halogens is 2. The molecule has 0 fully saturated rings. The SMILES string of the molecule is CCCn1ccnc1CC(=O)Cc1ccc(Cl)cc1Cl. The van der Waals surface area contributed by atoms with Gasteiger partial charge in [0, 0.05) is 35.4 Å². The highest BCUT2D eigenvalue weighted by Gasteiger charge is 2.11. The molecule has 20 heavy (non-hydrogen) atoms. The molecule has 0 aliphatic rings. The lowest BCUT2D eigenvalue weighted by atomic mass is 10.1. The van der Waals surface area contributed by atoms with Gasteiger partial charge in [-0.25, -0.2) is 4.98 Å². The van der Waals surface area contributed by atoms with E-state index in [0.29, 0.717) is 22.9 Å². The lowest BCUT2D eigenvalue weighted by Crippen LogP contribution is -2.12. The number of aromatic nitrogens is 2. The molecule has 1 aromatic heterocycles. The van der Waals surface area contributed by atoms with Crippen molar-refractivity contribution in [2.24, 2.45) is 0 Å². The van der Waals surface area contributed by atoms with E-state index in [1.807, 2.05) is 10.8 Å². The van der Waals surface area contributed by atoms with Gasteiger partial charge in [-0.2, -0.15) is 0 Å². The average Bonchev–Trinajstić information content (AvgIpc) is 2.81. The maximum absolute atomic E-state index is 12.1. The van der Waals surface area contributed by atoms with Gasteiger partial charge in [0.2, 0.25) is 0 Å². The average molecular weight is 311 g/mol. The number of hydrogen-bond donors (Lipinski definition) is 0. The standard InChI is InChI=1S/C15H16Cl2N2O/c1-2-6-19-7-5-18-15(19)10-13(20)8-11-3-4-12(16)9-14(11)17/h3-5,7,9H,2,6,8,10H2,1H3. The van der Waals surface area contributed by atoms with E-state index in [2.05, 4.69) is 11.9 Å². The lowest BCUT2D eigenvalue weighted by Gasteiger charge is -2.07. The number of rotatable bonds is 6. The molecule has 0 atom stereocenters. The fraction of sp³-hybridized carbons (Fsp3) is 0.333. The molecule has 0 N–H and O–H groups in total. The van der Waals surface area contributed by atoms with Crippen molar-refractivity contribution < 1.29 is 4.79 Å². The van der Waals surface area contributed by atoms with Crippen LogP contribution >= 0.6 is 23.2 Å². The molecule has 0 saturated carbocycles. The van der Waals surface area contributed by atoms with Gasteiger partial charge >= 0.3 is 0 Å². The highest BCUT2D eigenvalue weighted by atomic mass is 35.5. The van der Waals surface area contributed by atoms with Crippen molar-refractivity contribution in [2.45, 2.75) is 32.7 Å². The van der Waals surface area contributed by atoms with Gasteiger partial charge < -0.3 is 4.57 Å². The predicted octanol–water partition coefficient (Wildman–Crippen LogP) is 3.95. The van der Waals surface area contributed by atoms with Crippen LogP contribution in [0, 0.1) is 0 Å². The Labute approximate surface area is 128 Å². The van der Waals surface area contributed by atoms with E-state index in [4.69, 9.17) is 23.2 Å². The molecule has 0 spiro atoms. The Morgan fingerprint density at radius 3 is 2.80 bits per heavy atom. The third-order valence-electron chi connectivity index (χ3n) is 3.02. The molecule has 5 heteroatoms. The van der Waals surface area contributed by atoms with Gasteiger partial charge in [-0.05, 0) is 24.1 Å². The van der Waals surface area contributed by atoms with Gasteiger partial charge in [-0.1, -0.05) is 36.2 Å². The molecule has 2 rings (SSSR count). The van der Waals surface area contributed by atoms with Gasteiger partial charge in [0.05, 0.1) is 6.42 Å². The summed E-state index contributed by atoms with van der Waals surface area (Å²) in [6, 6.07) is 5.19. The van der Waals surface area contributed by atoms with Crippen LogP contribution in [0.15, 0.2) is 30.6 Å². The summed E-state index contributed by atoms with van der Waals surface area (Å²) in [5.74, 6) is 0.903. The van der Waals surface area contributed by atoms with Crippen LogP contribution < -0.4 is 0 Å². The Bertz CT molecular complexity index is 608. The molecule has 0 bridgehead atoms. The normalized spacial score (nSPS) is 10.8. The van der Waals surface area contributed by atoms with Gasteiger partial charge in [0.1, 0.15) is 11.6 Å². The molecule has 106 valence electrons. The molecule has 0 aliphatic carbocycles. The summed E-state index contributed by atoms with van der Waals surface area (Å²) in [5, 5.41) is 1.10. The fourth-order valence-electron chi connectivity index (χ4n) is 2.07. The van der Waals surface area contributed by atoms with Gasteiger partial charge in [0.25, 0.3) is 0 Å². The summed E-state index contributed by atoms with van der Waals surface area (Å²) in [5.41, 5.74) is 0.801. The van der Waals surface area contributed by atoms with E-state index < -0.39 is 0 Å². The van der Waals surface area contributed by atoms with Gasteiger partial charge in [-0.15, -0.1) is 0 Å². The molecule has 3 nitrogen and oxygen atoms in total. The quantitative estimate of drug-likeness (QED) is 0.809. The summed E-state index contributed by atoms with van der Waals surface area (Å²) >= 11 is 11.9. The van der Waals surface area contributed by atoms with E-state index in [9.17, 15) is 4.79 Å². The summed E-state index contributed by atoms with van der Waals surface area (Å²) in [6.45, 7) is 2.98. The van der Waals surface area contributed by atoms with E-state index in [1.54, 1.807) is 24.4 Å². The van der Waals surface area contributed by atoms with Crippen LogP contribution in [0.25, 0.3) is 0 Å². The fourth-order valence-corrected chi connectivity index (χ4v) is 2.54. The second-order valence-corrected chi connectivity index (χ2v) is 5.51. The van der Waals surface area contributed by atoms with Crippen molar-refractivity contribution in [3.63, 3.8) is 0 Å². The minimum absolute atomic E-state index is 0.0952. The highest BCUT2D eigenvalue weighted by Crippen LogP contribution is 2.21. The highest BCUT2D eigenvalue weighted by molar-refractivity contribution is 6.35. The van der Waals surface area contributed by atoms with E-state index in [0.717, 1.165) is 24.4 Å². The molecule has 0 unspecified atom stereocenters. The molecular formula is C15H16Cl2N2O. The van der Waals surface area contributed by atoms with Crippen molar-refractivity contribution in [3.05, 3.63) is 52.0 Å². The Kier molecular flexibility index (Phi) is 5.21. The Morgan fingerprint density at radius 1 is 1.30 bits per heavy atom. The van der Waals surface area contributed by atoms with Crippen molar-refractivity contribution in [1.29, 1.82) is 0 Å². The largest absolute Gasteiger partial charge is 0.335 e. The molecular weight excluding hydrogens is 295 g/mol. The van der Waals surface area contributed by atoms with Crippen molar-refractivity contribution in [2.75, 3.05) is 0 Å². The first kappa shape index (κ1) is 15.1. The van der Waals surface area contributed by atoms with Crippen LogP contribution in [0.5, 0.6) is 0 Å². The minimum Gasteiger partial charge on any atom is -0.335 e. The number of nitrogens with zero attached hydrogens (tertiary/aromatic N) is 2. The first-order valence-corrected chi connectivity index (χ1v) is 7.31. The van der Waals surface area contributed by atoms with Crippen molar-refractivity contribution in [3.8, 4) is 0 Å². The second kappa shape index (κ2) is 6.91. The Hall–Kier alpha value is -1.32. The number of hydrogen-bond acceptors (Lipinski definition) is 2. The van der Waals surface area contributed by atoms with Crippen LogP contribution in [0.4, 0.5) is 0 Å². The molecule has 0 radical (unpaired) electrons. The number of benzene rings is 1. The summed E-state index contributed by atoms with van der Waals surface area (Å²) in [4.78, 5) is 16.4. The van der Waals surface area contributed by atoms with Crippen LogP contribution in [0.3, 0.4) is 0 Å². The Morgan fingerprint density at radius 2 is 2.10 bits per heavy atom. The Balaban J connectivity index is 2.03. The summed E-state index contributed by atoms with van der Waals surface area (Å²) in [6.07, 6.45) is 5.27. The van der Waals surface area contributed by atoms with Gasteiger partial charge in [-0.3, -0.25) is 4.79 Å². The molecule has 0 saturated heterocycles. The third-order valence-corrected chi connectivity index (χ3v) is 3.61. The zero-order chi connectivity index (χ0) is 14.5. The van der Waals surface area contributed by atoms with Crippen LogP contribution in [-0.2, 0) is 24.2 Å². The smallest absolute Gasteiger partial charge is 0.144 e. The van der Waals surface area contributed by atoms with Crippen LogP contribution in [0.2, 0.25) is 10.0 Å². The lowest BCUT2D eigenvalue weighted by molar-refractivity contribution is -0.117. The van der Waals surface area contributed by atoms with Crippen molar-refractivity contribution >= 4 is 29.0 Å². The molecule has 0 amide bonds. The topological polar surface area (TPSA) is 34.9 Å². The first-order chi connectivity index (χ1) is 9.60. The number of aryl methyl sites for hydroxylation is 1. The number of imidazole rings is 1. The van der Waals surface area contributed by atoms with E-state index in [1.165, 1.54) is 0 Å².